The number of nitrogens with zero attached hydrogens (tertiary/aromatic N) is 1. The molecule has 2 amide bonds. The van der Waals surface area contributed by atoms with Crippen LogP contribution in [0.3, 0.4) is 0 Å². The van der Waals surface area contributed by atoms with E-state index in [2.05, 4.69) is 15.8 Å². The monoisotopic (exact) mass is 352 g/mol. The maximum Gasteiger partial charge on any atom is 0.275 e. The normalized spacial score (nSPS) is 10.3. The molecule has 3 rings (SSSR count). The van der Waals surface area contributed by atoms with E-state index in [0.717, 1.165) is 0 Å². The number of non-ortho nitro benzene ring substituents is 1. The highest BCUT2D eigenvalue weighted by Crippen LogP contribution is 2.11. The van der Waals surface area contributed by atoms with Crippen molar-refractivity contribution < 1.29 is 14.5 Å². The van der Waals surface area contributed by atoms with Gasteiger partial charge in [-0.2, -0.15) is 0 Å². The van der Waals surface area contributed by atoms with Crippen LogP contribution in [0.4, 0.5) is 5.69 Å². The molecule has 1 aromatic heterocycles. The van der Waals surface area contributed by atoms with Crippen LogP contribution >= 0.6 is 0 Å². The van der Waals surface area contributed by atoms with E-state index in [1.54, 1.807) is 24.3 Å². The maximum absolute atomic E-state index is 12.3. The Bertz CT molecular complexity index is 1070. The van der Waals surface area contributed by atoms with Gasteiger partial charge in [-0.25, -0.2) is 0 Å². The van der Waals surface area contributed by atoms with Crippen LogP contribution in [-0.2, 0) is 0 Å². The molecule has 9 heteroatoms. The first-order chi connectivity index (χ1) is 12.5. The number of hydrazine groups is 1. The van der Waals surface area contributed by atoms with E-state index in [0.29, 0.717) is 10.9 Å². The number of fused-ring (bicyclic) bond motifs is 1. The van der Waals surface area contributed by atoms with Crippen LogP contribution < -0.4 is 16.3 Å². The average Bonchev–Trinajstić information content (AvgIpc) is 2.66. The molecule has 3 N–H and O–H groups in total. The molecule has 0 spiro atoms. The molecule has 1 heterocycles. The van der Waals surface area contributed by atoms with Crippen LogP contribution in [0, 0.1) is 10.1 Å². The van der Waals surface area contributed by atoms with E-state index in [-0.39, 0.29) is 16.8 Å². The lowest BCUT2D eigenvalue weighted by Crippen LogP contribution is -2.43. The molecule has 0 aliphatic rings. The second-order valence-corrected chi connectivity index (χ2v) is 5.29. The number of nitro benzene ring substituents is 1. The number of amides is 2. The summed E-state index contributed by atoms with van der Waals surface area (Å²) in [7, 11) is 0. The third-order valence-corrected chi connectivity index (χ3v) is 3.66. The third-order valence-electron chi connectivity index (χ3n) is 3.66. The molecule has 9 nitrogen and oxygen atoms in total. The summed E-state index contributed by atoms with van der Waals surface area (Å²) in [6.45, 7) is 0. The number of carbonyl (C=O) groups is 2. The van der Waals surface area contributed by atoms with Crippen molar-refractivity contribution in [2.75, 3.05) is 0 Å². The Labute approximate surface area is 145 Å². The Kier molecular flexibility index (Phi) is 4.44. The topological polar surface area (TPSA) is 134 Å². The Hall–Kier alpha value is -4.01. The van der Waals surface area contributed by atoms with Crippen molar-refractivity contribution in [3.63, 3.8) is 0 Å². The van der Waals surface area contributed by atoms with Crippen molar-refractivity contribution >= 4 is 28.4 Å². The third kappa shape index (κ3) is 3.26. The van der Waals surface area contributed by atoms with Gasteiger partial charge in [0.1, 0.15) is 5.56 Å². The number of hydrogen-bond donors (Lipinski definition) is 3. The number of aromatic amines is 1. The lowest BCUT2D eigenvalue weighted by atomic mass is 10.1. The molecule has 0 radical (unpaired) electrons. The quantitative estimate of drug-likeness (QED) is 0.485. The highest BCUT2D eigenvalue weighted by molar-refractivity contribution is 6.00. The van der Waals surface area contributed by atoms with Gasteiger partial charge in [0.25, 0.3) is 17.5 Å². The maximum atomic E-state index is 12.3. The van der Waals surface area contributed by atoms with Crippen molar-refractivity contribution in [3.05, 3.63) is 86.2 Å². The summed E-state index contributed by atoms with van der Waals surface area (Å²) in [6, 6.07) is 11.6. The van der Waals surface area contributed by atoms with Crippen molar-refractivity contribution in [1.29, 1.82) is 0 Å². The Morgan fingerprint density at radius 1 is 0.962 bits per heavy atom. The molecule has 0 unspecified atom stereocenters. The van der Waals surface area contributed by atoms with E-state index in [4.69, 9.17) is 0 Å². The SMILES string of the molecule is O=C(NNC(=O)c1c[nH]c2ccccc2c1=O)c1ccc([N+](=O)[O-])cc1. The van der Waals surface area contributed by atoms with Crippen LogP contribution in [-0.4, -0.2) is 21.7 Å². The molecule has 0 atom stereocenters. The van der Waals surface area contributed by atoms with E-state index < -0.39 is 22.2 Å². The minimum atomic E-state index is -0.785. The predicted octanol–water partition coefficient (Wildman–Crippen LogP) is 1.51. The van der Waals surface area contributed by atoms with Crippen LogP contribution in [0.15, 0.2) is 59.5 Å². The minimum Gasteiger partial charge on any atom is -0.360 e. The highest BCUT2D eigenvalue weighted by atomic mass is 16.6. The van der Waals surface area contributed by atoms with Gasteiger partial charge in [-0.1, -0.05) is 12.1 Å². The summed E-state index contributed by atoms with van der Waals surface area (Å²) in [4.78, 5) is 49.3. The zero-order valence-electron chi connectivity index (χ0n) is 13.2. The van der Waals surface area contributed by atoms with Gasteiger partial charge in [-0.15, -0.1) is 0 Å². The lowest BCUT2D eigenvalue weighted by Gasteiger charge is -2.07. The number of benzene rings is 2. The van der Waals surface area contributed by atoms with Gasteiger partial charge >= 0.3 is 0 Å². The fourth-order valence-electron chi connectivity index (χ4n) is 2.32. The summed E-state index contributed by atoms with van der Waals surface area (Å²) < 4.78 is 0. The number of hydrogen-bond acceptors (Lipinski definition) is 5. The minimum absolute atomic E-state index is 0.114. The first-order valence-corrected chi connectivity index (χ1v) is 7.43. The van der Waals surface area contributed by atoms with E-state index in [1.807, 2.05) is 0 Å². The van der Waals surface area contributed by atoms with Crippen LogP contribution in [0.2, 0.25) is 0 Å². The fourth-order valence-corrected chi connectivity index (χ4v) is 2.32. The molecule has 26 heavy (non-hydrogen) atoms. The molecule has 0 bridgehead atoms. The molecule has 0 saturated carbocycles. The molecular weight excluding hydrogens is 340 g/mol. The number of rotatable bonds is 3. The summed E-state index contributed by atoms with van der Waals surface area (Å²) in [5, 5.41) is 10.9. The van der Waals surface area contributed by atoms with Crippen molar-refractivity contribution in [2.45, 2.75) is 0 Å². The lowest BCUT2D eigenvalue weighted by molar-refractivity contribution is -0.384. The van der Waals surface area contributed by atoms with Gasteiger partial charge in [0.15, 0.2) is 0 Å². The molecule has 0 aliphatic heterocycles. The summed E-state index contributed by atoms with van der Waals surface area (Å²) in [6.07, 6.45) is 1.26. The molecule has 0 fully saturated rings. The number of pyridine rings is 1. The zero-order chi connectivity index (χ0) is 18.7. The molecule has 0 aliphatic carbocycles. The molecule has 130 valence electrons. The van der Waals surface area contributed by atoms with Gasteiger partial charge in [0.05, 0.1) is 4.92 Å². The summed E-state index contributed by atoms with van der Waals surface area (Å²) in [5.74, 6) is -1.46. The Morgan fingerprint density at radius 3 is 2.31 bits per heavy atom. The largest absolute Gasteiger partial charge is 0.360 e. The van der Waals surface area contributed by atoms with Gasteiger partial charge in [0, 0.05) is 34.8 Å². The number of nitrogens with one attached hydrogen (secondary N) is 3. The van der Waals surface area contributed by atoms with Crippen molar-refractivity contribution in [3.8, 4) is 0 Å². The number of para-hydroxylation sites is 1. The molecule has 3 aromatic rings. The predicted molar refractivity (Wildman–Crippen MR) is 92.6 cm³/mol. The number of H-pyrrole nitrogens is 1. The van der Waals surface area contributed by atoms with Gasteiger partial charge in [-0.05, 0) is 24.3 Å². The zero-order valence-corrected chi connectivity index (χ0v) is 13.2. The molecule has 2 aromatic carbocycles. The Balaban J connectivity index is 1.72. The number of carbonyl (C=O) groups excluding carboxylic acids is 2. The molecular formula is C17H12N4O5. The van der Waals surface area contributed by atoms with Gasteiger partial charge in [-0.3, -0.25) is 35.3 Å². The van der Waals surface area contributed by atoms with E-state index in [9.17, 15) is 24.5 Å². The number of nitro groups is 1. The first-order valence-electron chi connectivity index (χ1n) is 7.43. The van der Waals surface area contributed by atoms with Crippen LogP contribution in [0.25, 0.3) is 10.9 Å². The fraction of sp³-hybridized carbons (Fsp3) is 0. The van der Waals surface area contributed by atoms with Gasteiger partial charge < -0.3 is 4.98 Å². The second kappa shape index (κ2) is 6.85. The van der Waals surface area contributed by atoms with E-state index >= 15 is 0 Å². The standard InChI is InChI=1S/C17H12N4O5/c22-15-12-3-1-2-4-14(12)18-9-13(15)17(24)20-19-16(23)10-5-7-11(8-6-10)21(25)26/h1-9H,(H,18,22)(H,19,23)(H,20,24). The van der Waals surface area contributed by atoms with Crippen molar-refractivity contribution in [2.24, 2.45) is 0 Å². The van der Waals surface area contributed by atoms with Crippen molar-refractivity contribution in [1.82, 2.24) is 15.8 Å². The van der Waals surface area contributed by atoms with Crippen LogP contribution in [0.1, 0.15) is 20.7 Å². The van der Waals surface area contributed by atoms with Gasteiger partial charge in [0.2, 0.25) is 5.43 Å². The summed E-state index contributed by atoms with van der Waals surface area (Å²) >= 11 is 0. The Morgan fingerprint density at radius 2 is 1.62 bits per heavy atom. The first kappa shape index (κ1) is 16.8. The average molecular weight is 352 g/mol. The number of aromatic nitrogens is 1. The smallest absolute Gasteiger partial charge is 0.275 e. The highest BCUT2D eigenvalue weighted by Gasteiger charge is 2.14. The van der Waals surface area contributed by atoms with E-state index in [1.165, 1.54) is 30.5 Å². The second-order valence-electron chi connectivity index (χ2n) is 5.29. The summed E-state index contributed by atoms with van der Waals surface area (Å²) in [5.41, 5.74) is 4.22. The van der Waals surface area contributed by atoms with Crippen LogP contribution in [0.5, 0.6) is 0 Å². The molecule has 0 saturated heterocycles.